The van der Waals surface area contributed by atoms with Gasteiger partial charge in [0.1, 0.15) is 11.4 Å². The van der Waals surface area contributed by atoms with Crippen molar-refractivity contribution in [2.24, 2.45) is 0 Å². The van der Waals surface area contributed by atoms with Crippen LogP contribution in [-0.2, 0) is 24.2 Å². The van der Waals surface area contributed by atoms with E-state index >= 15 is 0 Å². The smallest absolute Gasteiger partial charge is 0.229 e. The monoisotopic (exact) mass is 310 g/mol. The third kappa shape index (κ3) is 2.30. The first-order valence-electron chi connectivity index (χ1n) is 7.78. The summed E-state index contributed by atoms with van der Waals surface area (Å²) in [6, 6.07) is 6.29. The van der Waals surface area contributed by atoms with Gasteiger partial charge < -0.3 is 9.88 Å². The lowest BCUT2D eigenvalue weighted by Crippen LogP contribution is -2.36. The molecule has 0 saturated heterocycles. The van der Waals surface area contributed by atoms with Gasteiger partial charge >= 0.3 is 0 Å². The molecule has 0 atom stereocenters. The summed E-state index contributed by atoms with van der Waals surface area (Å²) in [6.07, 6.45) is 1.09. The molecule has 0 saturated carbocycles. The molecular weight excluding hydrogens is 292 g/mol. The van der Waals surface area contributed by atoms with Gasteiger partial charge in [0.2, 0.25) is 5.91 Å². The van der Waals surface area contributed by atoms with Crippen LogP contribution in [0.4, 0.5) is 0 Å². The van der Waals surface area contributed by atoms with E-state index in [2.05, 4.69) is 45.0 Å². The molecule has 118 valence electrons. The fourth-order valence-electron chi connectivity index (χ4n) is 3.26. The summed E-state index contributed by atoms with van der Waals surface area (Å²) in [5.41, 5.74) is 6.20. The van der Waals surface area contributed by atoms with Gasteiger partial charge in [-0.05, 0) is 19.4 Å². The van der Waals surface area contributed by atoms with Gasteiger partial charge in [-0.2, -0.15) is 0 Å². The van der Waals surface area contributed by atoms with Crippen molar-refractivity contribution in [1.82, 2.24) is 20.2 Å². The van der Waals surface area contributed by atoms with E-state index < -0.39 is 0 Å². The molecule has 0 unspecified atom stereocenters. The van der Waals surface area contributed by atoms with Crippen LogP contribution in [-0.4, -0.2) is 32.6 Å². The Balaban J connectivity index is 1.61. The summed E-state index contributed by atoms with van der Waals surface area (Å²) >= 11 is 0. The zero-order valence-electron chi connectivity index (χ0n) is 13.2. The molecule has 1 aliphatic heterocycles. The minimum atomic E-state index is 0.0662. The minimum Gasteiger partial charge on any atom is -0.358 e. The number of carbonyl (C=O) groups excluding carboxylic acids is 1. The number of amides is 1. The molecule has 0 fully saturated rings. The molecule has 0 radical (unpaired) electrons. The number of aryl methyl sites for hydroxylation is 2. The Morgan fingerprint density at radius 2 is 2.22 bits per heavy atom. The molecule has 1 N–H and O–H groups in total. The molecule has 1 aromatic carbocycles. The molecule has 0 spiro atoms. The van der Waals surface area contributed by atoms with Gasteiger partial charge in [-0.1, -0.05) is 28.5 Å². The van der Waals surface area contributed by atoms with Gasteiger partial charge in [0, 0.05) is 41.7 Å². The maximum atomic E-state index is 12.6. The molecule has 0 aliphatic carbocycles. The SMILES string of the molecule is Cc1nonc1CC(=O)N1CCc2[nH]c3c(C)cccc3c2C1. The number of aromatic nitrogens is 3. The molecule has 3 aromatic rings. The number of fused-ring (bicyclic) bond motifs is 3. The number of hydrogen-bond acceptors (Lipinski definition) is 4. The summed E-state index contributed by atoms with van der Waals surface area (Å²) in [4.78, 5) is 18.0. The summed E-state index contributed by atoms with van der Waals surface area (Å²) in [5, 5.41) is 8.76. The van der Waals surface area contributed by atoms with Crippen molar-refractivity contribution in [1.29, 1.82) is 0 Å². The normalized spacial score (nSPS) is 14.3. The number of hydrogen-bond donors (Lipinski definition) is 1. The van der Waals surface area contributed by atoms with Crippen LogP contribution in [0.15, 0.2) is 22.8 Å². The predicted molar refractivity (Wildman–Crippen MR) is 84.9 cm³/mol. The lowest BCUT2D eigenvalue weighted by molar-refractivity contribution is -0.131. The van der Waals surface area contributed by atoms with Crippen molar-refractivity contribution in [3.8, 4) is 0 Å². The Kier molecular flexibility index (Phi) is 3.18. The molecule has 6 nitrogen and oxygen atoms in total. The number of aromatic amines is 1. The first-order valence-corrected chi connectivity index (χ1v) is 7.78. The van der Waals surface area contributed by atoms with E-state index in [-0.39, 0.29) is 12.3 Å². The average molecular weight is 310 g/mol. The van der Waals surface area contributed by atoms with Gasteiger partial charge in [0.25, 0.3) is 0 Å². The molecule has 4 rings (SSSR count). The van der Waals surface area contributed by atoms with Crippen LogP contribution in [0.25, 0.3) is 10.9 Å². The number of benzene rings is 1. The summed E-state index contributed by atoms with van der Waals surface area (Å²) < 4.78 is 4.67. The lowest BCUT2D eigenvalue weighted by Gasteiger charge is -2.27. The van der Waals surface area contributed by atoms with E-state index in [1.54, 1.807) is 6.92 Å². The number of nitrogens with zero attached hydrogens (tertiary/aromatic N) is 3. The maximum Gasteiger partial charge on any atom is 0.229 e. The second kappa shape index (κ2) is 5.22. The number of rotatable bonds is 2. The van der Waals surface area contributed by atoms with Crippen molar-refractivity contribution in [3.63, 3.8) is 0 Å². The highest BCUT2D eigenvalue weighted by Gasteiger charge is 2.25. The van der Waals surface area contributed by atoms with E-state index in [1.807, 2.05) is 4.90 Å². The predicted octanol–water partition coefficient (Wildman–Crippen LogP) is 2.30. The van der Waals surface area contributed by atoms with Crippen molar-refractivity contribution >= 4 is 16.8 Å². The first-order chi connectivity index (χ1) is 11.1. The third-order valence-electron chi connectivity index (χ3n) is 4.64. The standard InChI is InChI=1S/C17H18N4O2/c1-10-4-3-5-12-13-9-21(7-6-14(13)18-17(10)12)16(22)8-15-11(2)19-23-20-15/h3-5,18H,6-9H2,1-2H3. The van der Waals surface area contributed by atoms with Crippen LogP contribution in [0.5, 0.6) is 0 Å². The van der Waals surface area contributed by atoms with Gasteiger partial charge in [-0.3, -0.25) is 4.79 Å². The molecule has 1 amide bonds. The Labute approximate surface area is 133 Å². The van der Waals surface area contributed by atoms with E-state index in [0.29, 0.717) is 17.9 Å². The van der Waals surface area contributed by atoms with Crippen LogP contribution in [0.1, 0.15) is 28.2 Å². The van der Waals surface area contributed by atoms with Gasteiger partial charge in [0.15, 0.2) is 0 Å². The van der Waals surface area contributed by atoms with Crippen LogP contribution in [0.3, 0.4) is 0 Å². The second-order valence-corrected chi connectivity index (χ2v) is 6.12. The van der Waals surface area contributed by atoms with E-state index in [1.165, 1.54) is 27.7 Å². The average Bonchev–Trinajstić information content (AvgIpc) is 3.12. The second-order valence-electron chi connectivity index (χ2n) is 6.12. The first kappa shape index (κ1) is 14.0. The Morgan fingerprint density at radius 3 is 3.00 bits per heavy atom. The quantitative estimate of drug-likeness (QED) is 0.788. The van der Waals surface area contributed by atoms with Crippen molar-refractivity contribution in [2.75, 3.05) is 6.54 Å². The number of para-hydroxylation sites is 1. The molecule has 6 heteroatoms. The fraction of sp³-hybridized carbons (Fsp3) is 0.353. The summed E-state index contributed by atoms with van der Waals surface area (Å²) in [6.45, 7) is 5.27. The Morgan fingerprint density at radius 1 is 1.35 bits per heavy atom. The summed E-state index contributed by atoms with van der Waals surface area (Å²) in [5.74, 6) is 0.0662. The van der Waals surface area contributed by atoms with Crippen LogP contribution >= 0.6 is 0 Å². The molecule has 2 aromatic heterocycles. The van der Waals surface area contributed by atoms with E-state index in [4.69, 9.17) is 0 Å². The highest BCUT2D eigenvalue weighted by molar-refractivity contribution is 5.88. The molecule has 3 heterocycles. The van der Waals surface area contributed by atoms with Gasteiger partial charge in [0.05, 0.1) is 6.42 Å². The largest absolute Gasteiger partial charge is 0.358 e. The number of nitrogens with one attached hydrogen (secondary N) is 1. The summed E-state index contributed by atoms with van der Waals surface area (Å²) in [7, 11) is 0. The Bertz CT molecular complexity index is 893. The van der Waals surface area contributed by atoms with E-state index in [9.17, 15) is 4.79 Å². The van der Waals surface area contributed by atoms with Crippen LogP contribution in [0, 0.1) is 13.8 Å². The molecule has 0 bridgehead atoms. The molecular formula is C17H18N4O2. The van der Waals surface area contributed by atoms with Gasteiger partial charge in [-0.15, -0.1) is 0 Å². The third-order valence-corrected chi connectivity index (χ3v) is 4.64. The Hall–Kier alpha value is -2.63. The molecule has 1 aliphatic rings. The highest BCUT2D eigenvalue weighted by Crippen LogP contribution is 2.29. The topological polar surface area (TPSA) is 75.0 Å². The van der Waals surface area contributed by atoms with Gasteiger partial charge in [-0.25, -0.2) is 4.63 Å². The fourth-order valence-corrected chi connectivity index (χ4v) is 3.26. The van der Waals surface area contributed by atoms with Crippen molar-refractivity contribution < 1.29 is 9.42 Å². The van der Waals surface area contributed by atoms with Crippen LogP contribution < -0.4 is 0 Å². The highest BCUT2D eigenvalue weighted by atomic mass is 16.6. The number of carbonyl (C=O) groups is 1. The van der Waals surface area contributed by atoms with E-state index in [0.717, 1.165) is 13.0 Å². The molecule has 23 heavy (non-hydrogen) atoms. The van der Waals surface area contributed by atoms with Crippen molar-refractivity contribution in [3.05, 3.63) is 46.4 Å². The zero-order valence-corrected chi connectivity index (χ0v) is 13.2. The lowest BCUT2D eigenvalue weighted by atomic mass is 10.0. The maximum absolute atomic E-state index is 12.6. The number of H-pyrrole nitrogens is 1. The minimum absolute atomic E-state index is 0.0662. The van der Waals surface area contributed by atoms with Crippen LogP contribution in [0.2, 0.25) is 0 Å². The zero-order chi connectivity index (χ0) is 16.0. The van der Waals surface area contributed by atoms with Crippen molar-refractivity contribution in [2.45, 2.75) is 33.2 Å².